The Hall–Kier alpha value is -0.200. The quantitative estimate of drug-likeness (QED) is 0.441. The Bertz CT molecular complexity index is 219. The van der Waals surface area contributed by atoms with Crippen LogP contribution < -0.4 is 0 Å². The molecule has 5 nitrogen and oxygen atoms in total. The minimum atomic E-state index is -0.463. The largest absolute Gasteiger partial charge is 0.396 e. The fourth-order valence-electron chi connectivity index (χ4n) is 2.30. The molecule has 4 atom stereocenters. The first-order valence-electron chi connectivity index (χ1n) is 6.57. The molecule has 0 aliphatic rings. The van der Waals surface area contributed by atoms with E-state index < -0.39 is 6.10 Å². The second kappa shape index (κ2) is 8.07. The Morgan fingerprint density at radius 1 is 1.06 bits per heavy atom. The summed E-state index contributed by atoms with van der Waals surface area (Å²) >= 11 is 0. The molecule has 0 amide bonds. The van der Waals surface area contributed by atoms with Crippen LogP contribution in [0.5, 0.6) is 0 Å². The third-order valence-corrected chi connectivity index (χ3v) is 4.24. The van der Waals surface area contributed by atoms with Crippen LogP contribution in [-0.2, 0) is 9.78 Å². The highest BCUT2D eigenvalue weighted by atomic mass is 17.1. The average Bonchev–Trinajstić information content (AvgIpc) is 2.35. The summed E-state index contributed by atoms with van der Waals surface area (Å²) in [5, 5.41) is 26.9. The van der Waals surface area contributed by atoms with Gasteiger partial charge in [-0.25, -0.2) is 9.78 Å². The van der Waals surface area contributed by atoms with Gasteiger partial charge in [-0.2, -0.15) is 0 Å². The van der Waals surface area contributed by atoms with Crippen molar-refractivity contribution in [2.45, 2.75) is 59.7 Å². The summed E-state index contributed by atoms with van der Waals surface area (Å²) < 4.78 is 0. The molecule has 0 bridgehead atoms. The zero-order valence-corrected chi connectivity index (χ0v) is 12.1. The van der Waals surface area contributed by atoms with Crippen LogP contribution in [0, 0.1) is 17.3 Å². The molecule has 0 saturated carbocycles. The van der Waals surface area contributed by atoms with Crippen LogP contribution in [0.25, 0.3) is 0 Å². The van der Waals surface area contributed by atoms with Crippen molar-refractivity contribution >= 4 is 0 Å². The molecule has 0 aromatic heterocycles. The van der Waals surface area contributed by atoms with E-state index >= 15 is 0 Å². The van der Waals surface area contributed by atoms with E-state index in [1.54, 1.807) is 0 Å². The Kier molecular flexibility index (Phi) is 7.98. The Morgan fingerprint density at radius 3 is 1.94 bits per heavy atom. The predicted molar refractivity (Wildman–Crippen MR) is 69.1 cm³/mol. The van der Waals surface area contributed by atoms with Crippen LogP contribution in [0.3, 0.4) is 0 Å². The predicted octanol–water partition coefficient (Wildman–Crippen LogP) is 2.79. The van der Waals surface area contributed by atoms with E-state index in [2.05, 4.69) is 9.78 Å². The van der Waals surface area contributed by atoms with Crippen LogP contribution in [0.4, 0.5) is 0 Å². The molecule has 3 N–H and O–H groups in total. The Labute approximate surface area is 110 Å². The lowest BCUT2D eigenvalue weighted by Crippen LogP contribution is -2.42. The topological polar surface area (TPSA) is 79.2 Å². The molecule has 18 heavy (non-hydrogen) atoms. The lowest BCUT2D eigenvalue weighted by atomic mass is 9.73. The lowest BCUT2D eigenvalue weighted by molar-refractivity contribution is -0.330. The molecule has 0 spiro atoms. The third-order valence-electron chi connectivity index (χ3n) is 4.24. The van der Waals surface area contributed by atoms with Crippen molar-refractivity contribution in [3.05, 3.63) is 0 Å². The molecule has 0 aliphatic heterocycles. The van der Waals surface area contributed by atoms with Gasteiger partial charge < -0.3 is 5.11 Å². The molecule has 0 saturated heterocycles. The normalized spacial score (nSPS) is 19.3. The van der Waals surface area contributed by atoms with Gasteiger partial charge in [0.15, 0.2) is 0 Å². The van der Waals surface area contributed by atoms with E-state index in [1.807, 2.05) is 34.6 Å². The second-order valence-corrected chi connectivity index (χ2v) is 5.74. The summed E-state index contributed by atoms with van der Waals surface area (Å²) in [7, 11) is 0. The zero-order chi connectivity index (χ0) is 14.3. The second-order valence-electron chi connectivity index (χ2n) is 5.74. The highest BCUT2D eigenvalue weighted by Crippen LogP contribution is 2.36. The summed E-state index contributed by atoms with van der Waals surface area (Å²) in [6.45, 7) is 9.91. The molecule has 0 aliphatic carbocycles. The van der Waals surface area contributed by atoms with Gasteiger partial charge in [0.2, 0.25) is 0 Å². The summed E-state index contributed by atoms with van der Waals surface area (Å²) in [6.07, 6.45) is 0.399. The van der Waals surface area contributed by atoms with Gasteiger partial charge in [0, 0.05) is 13.0 Å². The molecule has 0 rings (SSSR count). The van der Waals surface area contributed by atoms with E-state index in [9.17, 15) is 0 Å². The monoisotopic (exact) mass is 264 g/mol. The average molecular weight is 264 g/mol. The van der Waals surface area contributed by atoms with Crippen molar-refractivity contribution in [1.29, 1.82) is 0 Å². The number of rotatable bonds is 9. The summed E-state index contributed by atoms with van der Waals surface area (Å²) in [5.41, 5.74) is -0.179. The first-order valence-corrected chi connectivity index (χ1v) is 6.57. The van der Waals surface area contributed by atoms with Crippen LogP contribution >= 0.6 is 0 Å². The zero-order valence-electron chi connectivity index (χ0n) is 12.1. The van der Waals surface area contributed by atoms with Gasteiger partial charge in [-0.05, 0) is 23.7 Å². The van der Waals surface area contributed by atoms with Gasteiger partial charge in [0.25, 0.3) is 0 Å². The van der Waals surface area contributed by atoms with Crippen LogP contribution in [0.1, 0.15) is 47.5 Å². The molecule has 0 aromatic carbocycles. The van der Waals surface area contributed by atoms with Gasteiger partial charge >= 0.3 is 0 Å². The van der Waals surface area contributed by atoms with Crippen molar-refractivity contribution < 1.29 is 25.4 Å². The molecular weight excluding hydrogens is 236 g/mol. The molecule has 110 valence electrons. The van der Waals surface area contributed by atoms with Crippen molar-refractivity contribution in [1.82, 2.24) is 0 Å². The standard InChI is InChI=1S/C13H28O5/c1-6-13(4,5)12(18-16)10(3)9(2)11(17-15)7-8-14/h9-12,14-16H,6-8H2,1-5H3. The number of aliphatic hydroxyl groups is 1. The summed E-state index contributed by atoms with van der Waals surface area (Å²) in [6, 6.07) is 0. The molecule has 0 heterocycles. The van der Waals surface area contributed by atoms with Crippen molar-refractivity contribution in [3.63, 3.8) is 0 Å². The highest BCUT2D eigenvalue weighted by molar-refractivity contribution is 4.85. The highest BCUT2D eigenvalue weighted by Gasteiger charge is 2.38. The third kappa shape index (κ3) is 4.48. The molecule has 0 aromatic rings. The minimum absolute atomic E-state index is 0.0198. The summed E-state index contributed by atoms with van der Waals surface area (Å²) in [4.78, 5) is 9.08. The van der Waals surface area contributed by atoms with Crippen LogP contribution in [0.2, 0.25) is 0 Å². The van der Waals surface area contributed by atoms with E-state index in [0.29, 0.717) is 6.42 Å². The van der Waals surface area contributed by atoms with Crippen LogP contribution in [0.15, 0.2) is 0 Å². The van der Waals surface area contributed by atoms with E-state index in [-0.39, 0.29) is 30.0 Å². The molecule has 0 fully saturated rings. The van der Waals surface area contributed by atoms with Gasteiger partial charge in [0.1, 0.15) is 6.10 Å². The maximum Gasteiger partial charge on any atom is 0.101 e. The maximum absolute atomic E-state index is 9.14. The number of hydrogen-bond acceptors (Lipinski definition) is 5. The van der Waals surface area contributed by atoms with E-state index in [1.165, 1.54) is 0 Å². The van der Waals surface area contributed by atoms with Gasteiger partial charge in [0.05, 0.1) is 6.10 Å². The van der Waals surface area contributed by atoms with E-state index in [0.717, 1.165) is 6.42 Å². The smallest absolute Gasteiger partial charge is 0.101 e. The van der Waals surface area contributed by atoms with Crippen molar-refractivity contribution in [3.8, 4) is 0 Å². The van der Waals surface area contributed by atoms with Crippen LogP contribution in [-0.4, -0.2) is 34.4 Å². The molecule has 5 heteroatoms. The fourth-order valence-corrected chi connectivity index (χ4v) is 2.30. The van der Waals surface area contributed by atoms with Gasteiger partial charge in [-0.3, -0.25) is 10.5 Å². The first kappa shape index (κ1) is 17.8. The Balaban J connectivity index is 4.81. The van der Waals surface area contributed by atoms with Gasteiger partial charge in [-0.1, -0.05) is 34.6 Å². The van der Waals surface area contributed by atoms with Crippen molar-refractivity contribution in [2.75, 3.05) is 6.61 Å². The first-order chi connectivity index (χ1) is 8.35. The molecule has 0 radical (unpaired) electrons. The lowest BCUT2D eigenvalue weighted by Gasteiger charge is -2.39. The SMILES string of the molecule is CCC(C)(C)C(OO)C(C)C(C)C(CCO)OO. The van der Waals surface area contributed by atoms with Crippen molar-refractivity contribution in [2.24, 2.45) is 17.3 Å². The number of hydrogen-bond donors (Lipinski definition) is 3. The summed E-state index contributed by atoms with van der Waals surface area (Å²) in [5.74, 6) is -0.0706. The van der Waals surface area contributed by atoms with E-state index in [4.69, 9.17) is 15.6 Å². The van der Waals surface area contributed by atoms with Gasteiger partial charge in [-0.15, -0.1) is 0 Å². The fraction of sp³-hybridized carbons (Fsp3) is 1.00. The number of aliphatic hydroxyl groups excluding tert-OH is 1. The maximum atomic E-state index is 9.14. The molecule has 4 unspecified atom stereocenters. The minimum Gasteiger partial charge on any atom is -0.396 e. The molecular formula is C13H28O5. The Morgan fingerprint density at radius 2 is 1.61 bits per heavy atom.